The Morgan fingerprint density at radius 1 is 1.35 bits per heavy atom. The average molecular weight is 350 g/mol. The van der Waals surface area contributed by atoms with Crippen LogP contribution in [0.15, 0.2) is 46.0 Å². The zero-order valence-electron chi connectivity index (χ0n) is 12.2. The summed E-state index contributed by atoms with van der Waals surface area (Å²) in [5.41, 5.74) is 0.976. The van der Waals surface area contributed by atoms with E-state index in [0.29, 0.717) is 11.1 Å². The molecule has 1 heterocycles. The van der Waals surface area contributed by atoms with Crippen LogP contribution in [0.4, 0.5) is 0 Å². The second-order valence-electron chi connectivity index (χ2n) is 4.65. The number of benzene rings is 1. The van der Waals surface area contributed by atoms with Gasteiger partial charge in [-0.25, -0.2) is 8.42 Å². The topological polar surface area (TPSA) is 96.3 Å². The molecule has 1 aromatic heterocycles. The number of carbonyl (C=O) groups excluding carboxylic acids is 1. The first-order valence-electron chi connectivity index (χ1n) is 6.64. The molecular weight excluding hydrogens is 336 g/mol. The van der Waals surface area contributed by atoms with Crippen LogP contribution in [-0.2, 0) is 26.2 Å². The van der Waals surface area contributed by atoms with Crippen LogP contribution in [0.2, 0.25) is 0 Å². The number of nitrogens with zero attached hydrogens (tertiary/aromatic N) is 1. The molecule has 23 heavy (non-hydrogen) atoms. The monoisotopic (exact) mass is 350 g/mol. The standard InChI is InChI=1S/C15H14N2O4S2/c1-11(17-23(19,20)14-7-4-8-22-14)15(18)21-10-13-6-3-2-5-12(13)9-16/h2-8,11,17H,10H2,1H3. The maximum absolute atomic E-state index is 12.0. The lowest BCUT2D eigenvalue weighted by atomic mass is 10.1. The van der Waals surface area contributed by atoms with E-state index in [2.05, 4.69) is 4.72 Å². The van der Waals surface area contributed by atoms with E-state index in [1.165, 1.54) is 13.0 Å². The molecule has 0 saturated heterocycles. The normalized spacial score (nSPS) is 12.3. The van der Waals surface area contributed by atoms with Crippen molar-refractivity contribution >= 4 is 27.3 Å². The van der Waals surface area contributed by atoms with Gasteiger partial charge in [-0.1, -0.05) is 24.3 Å². The molecule has 1 unspecified atom stereocenters. The highest BCUT2D eigenvalue weighted by Gasteiger charge is 2.23. The molecule has 120 valence electrons. The Kier molecular flexibility index (Phi) is 5.50. The van der Waals surface area contributed by atoms with Crippen LogP contribution in [0.1, 0.15) is 18.1 Å². The minimum Gasteiger partial charge on any atom is -0.460 e. The molecule has 0 fully saturated rings. The number of esters is 1. The Bertz CT molecular complexity index is 823. The van der Waals surface area contributed by atoms with E-state index in [9.17, 15) is 13.2 Å². The molecule has 8 heteroatoms. The lowest BCUT2D eigenvalue weighted by molar-refractivity contribution is -0.146. The first kappa shape index (κ1) is 17.1. The first-order valence-corrected chi connectivity index (χ1v) is 9.01. The highest BCUT2D eigenvalue weighted by Crippen LogP contribution is 2.16. The van der Waals surface area contributed by atoms with Crippen LogP contribution < -0.4 is 4.72 Å². The van der Waals surface area contributed by atoms with Crippen LogP contribution in [0.5, 0.6) is 0 Å². The van der Waals surface area contributed by atoms with Gasteiger partial charge < -0.3 is 4.74 Å². The van der Waals surface area contributed by atoms with Gasteiger partial charge in [0.1, 0.15) is 16.9 Å². The predicted octanol–water partition coefficient (Wildman–Crippen LogP) is 2.03. The minimum absolute atomic E-state index is 0.0896. The van der Waals surface area contributed by atoms with Crippen LogP contribution in [-0.4, -0.2) is 20.4 Å². The van der Waals surface area contributed by atoms with Crippen molar-refractivity contribution in [3.8, 4) is 6.07 Å². The van der Waals surface area contributed by atoms with Gasteiger partial charge in [-0.05, 0) is 24.4 Å². The van der Waals surface area contributed by atoms with Crippen molar-refractivity contribution < 1.29 is 17.9 Å². The fourth-order valence-electron chi connectivity index (χ4n) is 1.78. The molecule has 2 aromatic rings. The summed E-state index contributed by atoms with van der Waals surface area (Å²) in [5.74, 6) is -0.710. The number of rotatable bonds is 6. The zero-order valence-corrected chi connectivity index (χ0v) is 13.9. The summed E-state index contributed by atoms with van der Waals surface area (Å²) in [6, 6.07) is 10.8. The molecule has 0 spiro atoms. The highest BCUT2D eigenvalue weighted by molar-refractivity contribution is 7.91. The Balaban J connectivity index is 1.97. The van der Waals surface area contributed by atoms with Crippen molar-refractivity contribution in [1.29, 1.82) is 5.26 Å². The van der Waals surface area contributed by atoms with Gasteiger partial charge in [-0.3, -0.25) is 4.79 Å². The summed E-state index contributed by atoms with van der Waals surface area (Å²) >= 11 is 1.06. The fourth-order valence-corrected chi connectivity index (χ4v) is 3.99. The molecule has 0 saturated carbocycles. The molecule has 0 bridgehead atoms. The summed E-state index contributed by atoms with van der Waals surface area (Å²) in [6.45, 7) is 1.32. The van der Waals surface area contributed by atoms with E-state index in [-0.39, 0.29) is 10.8 Å². The van der Waals surface area contributed by atoms with E-state index >= 15 is 0 Å². The molecule has 1 atom stereocenters. The van der Waals surface area contributed by atoms with Gasteiger partial charge >= 0.3 is 5.97 Å². The number of hydrogen-bond acceptors (Lipinski definition) is 6. The third kappa shape index (κ3) is 4.39. The largest absolute Gasteiger partial charge is 0.460 e. The second kappa shape index (κ2) is 7.37. The van der Waals surface area contributed by atoms with Crippen molar-refractivity contribution in [2.45, 2.75) is 23.8 Å². The molecule has 1 N–H and O–H groups in total. The van der Waals surface area contributed by atoms with Crippen LogP contribution >= 0.6 is 11.3 Å². The van der Waals surface area contributed by atoms with Crippen molar-refractivity contribution in [3.05, 3.63) is 52.9 Å². The number of sulfonamides is 1. The van der Waals surface area contributed by atoms with E-state index < -0.39 is 22.0 Å². The molecule has 0 aliphatic rings. The maximum atomic E-state index is 12.0. The summed E-state index contributed by atoms with van der Waals surface area (Å²) in [7, 11) is -3.74. The molecule has 1 aromatic carbocycles. The number of hydrogen-bond donors (Lipinski definition) is 1. The van der Waals surface area contributed by atoms with E-state index in [1.54, 1.807) is 35.7 Å². The molecule has 0 radical (unpaired) electrons. The van der Waals surface area contributed by atoms with Crippen LogP contribution in [0, 0.1) is 11.3 Å². The van der Waals surface area contributed by atoms with Gasteiger partial charge in [0.15, 0.2) is 0 Å². The van der Waals surface area contributed by atoms with Crippen LogP contribution in [0.3, 0.4) is 0 Å². The Hall–Kier alpha value is -2.21. The van der Waals surface area contributed by atoms with Crippen molar-refractivity contribution in [2.24, 2.45) is 0 Å². The molecule has 2 rings (SSSR count). The van der Waals surface area contributed by atoms with Gasteiger partial charge in [0, 0.05) is 5.56 Å². The van der Waals surface area contributed by atoms with E-state index in [1.807, 2.05) is 6.07 Å². The van der Waals surface area contributed by atoms with E-state index in [4.69, 9.17) is 10.00 Å². The van der Waals surface area contributed by atoms with Crippen LogP contribution in [0.25, 0.3) is 0 Å². The Morgan fingerprint density at radius 2 is 2.09 bits per heavy atom. The van der Waals surface area contributed by atoms with Crippen molar-refractivity contribution in [2.75, 3.05) is 0 Å². The molecule has 0 aliphatic carbocycles. The smallest absolute Gasteiger partial charge is 0.324 e. The van der Waals surface area contributed by atoms with Crippen molar-refractivity contribution in [3.63, 3.8) is 0 Å². The molecular formula is C15H14N2O4S2. The van der Waals surface area contributed by atoms with Gasteiger partial charge in [0.25, 0.3) is 10.0 Å². The van der Waals surface area contributed by atoms with Crippen molar-refractivity contribution in [1.82, 2.24) is 4.72 Å². The van der Waals surface area contributed by atoms with E-state index in [0.717, 1.165) is 11.3 Å². The summed E-state index contributed by atoms with van der Waals surface area (Å²) < 4.78 is 31.5. The third-order valence-corrected chi connectivity index (χ3v) is 5.89. The van der Waals surface area contributed by atoms with Gasteiger partial charge in [-0.15, -0.1) is 11.3 Å². The highest BCUT2D eigenvalue weighted by atomic mass is 32.2. The molecule has 0 amide bonds. The Morgan fingerprint density at radius 3 is 2.74 bits per heavy atom. The maximum Gasteiger partial charge on any atom is 0.324 e. The number of ether oxygens (including phenoxy) is 1. The third-order valence-electron chi connectivity index (χ3n) is 2.95. The van der Waals surface area contributed by atoms with Gasteiger partial charge in [-0.2, -0.15) is 9.98 Å². The number of thiophene rings is 1. The minimum atomic E-state index is -3.74. The lowest BCUT2D eigenvalue weighted by Crippen LogP contribution is -2.39. The average Bonchev–Trinajstić information content (AvgIpc) is 3.07. The lowest BCUT2D eigenvalue weighted by Gasteiger charge is -2.13. The number of nitrogens with one attached hydrogen (secondary N) is 1. The quantitative estimate of drug-likeness (QED) is 0.804. The van der Waals surface area contributed by atoms with Gasteiger partial charge in [0.05, 0.1) is 11.6 Å². The summed E-state index contributed by atoms with van der Waals surface area (Å²) in [4.78, 5) is 11.9. The SMILES string of the molecule is CC(NS(=O)(=O)c1cccs1)C(=O)OCc1ccccc1C#N. The fraction of sp³-hybridized carbons (Fsp3) is 0.200. The number of nitriles is 1. The molecule has 6 nitrogen and oxygen atoms in total. The Labute approximate surface area is 138 Å². The predicted molar refractivity (Wildman–Crippen MR) is 85.1 cm³/mol. The first-order chi connectivity index (χ1) is 10.9. The second-order valence-corrected chi connectivity index (χ2v) is 7.54. The summed E-state index contributed by atoms with van der Waals surface area (Å²) in [5, 5.41) is 10.6. The number of carbonyl (C=O) groups is 1. The zero-order chi connectivity index (χ0) is 16.9. The molecule has 0 aliphatic heterocycles. The van der Waals surface area contributed by atoms with Gasteiger partial charge in [0.2, 0.25) is 0 Å². The summed E-state index contributed by atoms with van der Waals surface area (Å²) in [6.07, 6.45) is 0.